The van der Waals surface area contributed by atoms with Crippen LogP contribution in [0.1, 0.15) is 65.7 Å². The van der Waals surface area contributed by atoms with Crippen molar-refractivity contribution in [3.63, 3.8) is 0 Å². The second-order valence-corrected chi connectivity index (χ2v) is 4.91. The summed E-state index contributed by atoms with van der Waals surface area (Å²) in [6.45, 7) is 6.22. The van der Waals surface area contributed by atoms with E-state index in [4.69, 9.17) is 5.73 Å². The van der Waals surface area contributed by atoms with Crippen LogP contribution >= 0.6 is 0 Å². The number of rotatable bonds is 9. The molecule has 0 spiro atoms. The van der Waals surface area contributed by atoms with E-state index in [1.54, 1.807) is 0 Å². The minimum Gasteiger partial charge on any atom is -0.328 e. The highest BCUT2D eigenvalue weighted by molar-refractivity contribution is 4.83. The van der Waals surface area contributed by atoms with Crippen LogP contribution in [0.2, 0.25) is 0 Å². The molecule has 1 nitrogen and oxygen atoms in total. The highest BCUT2D eigenvalue weighted by Gasteiger charge is 2.30. The molecule has 0 rings (SSSR count). The van der Waals surface area contributed by atoms with Gasteiger partial charge in [-0.25, -0.2) is 4.39 Å². The van der Waals surface area contributed by atoms with E-state index in [-0.39, 0.29) is 12.5 Å². The third-order valence-electron chi connectivity index (χ3n) is 3.32. The first kappa shape index (κ1) is 14.9. The number of hydrogen-bond acceptors (Lipinski definition) is 1. The van der Waals surface area contributed by atoms with Gasteiger partial charge >= 0.3 is 0 Å². The van der Waals surface area contributed by atoms with E-state index < -0.39 is 5.67 Å². The van der Waals surface area contributed by atoms with E-state index in [2.05, 4.69) is 6.92 Å². The average Bonchev–Trinajstić information content (AvgIpc) is 2.22. The Labute approximate surface area is 94.6 Å². The minimum atomic E-state index is -1.13. The molecule has 1 unspecified atom stereocenters. The lowest BCUT2D eigenvalue weighted by Gasteiger charge is -2.27. The first-order chi connectivity index (χ1) is 7.06. The zero-order valence-corrected chi connectivity index (χ0v) is 10.7. The zero-order valence-electron chi connectivity index (χ0n) is 10.7. The van der Waals surface area contributed by atoms with E-state index >= 15 is 0 Å². The predicted molar refractivity (Wildman–Crippen MR) is 65.7 cm³/mol. The number of halogens is 1. The predicted octanol–water partition coefficient (Wildman–Crippen LogP) is 4.06. The molecule has 0 aromatic heterocycles. The van der Waals surface area contributed by atoms with Crippen LogP contribution in [0.5, 0.6) is 0 Å². The highest BCUT2D eigenvalue weighted by Crippen LogP contribution is 2.27. The summed E-state index contributed by atoms with van der Waals surface area (Å²) < 4.78 is 14.1. The van der Waals surface area contributed by atoms with Crippen LogP contribution in [-0.2, 0) is 0 Å². The van der Waals surface area contributed by atoms with Crippen LogP contribution in [0, 0.1) is 5.92 Å². The number of alkyl halides is 1. The van der Waals surface area contributed by atoms with Gasteiger partial charge in [0.2, 0.25) is 0 Å². The van der Waals surface area contributed by atoms with Crippen molar-refractivity contribution >= 4 is 0 Å². The summed E-state index contributed by atoms with van der Waals surface area (Å²) in [5.74, 6) is 0.0399. The minimum absolute atomic E-state index is 0.0399. The van der Waals surface area contributed by atoms with Crippen molar-refractivity contribution in [1.29, 1.82) is 0 Å². The Balaban J connectivity index is 3.55. The largest absolute Gasteiger partial charge is 0.328 e. The summed E-state index contributed by atoms with van der Waals surface area (Å²) in [7, 11) is 0. The van der Waals surface area contributed by atoms with E-state index in [0.717, 1.165) is 12.8 Å². The molecule has 92 valence electrons. The lowest BCUT2D eigenvalue weighted by molar-refractivity contribution is 0.0952. The number of nitrogens with two attached hydrogens (primary N) is 1. The Hall–Kier alpha value is -0.110. The molecule has 0 saturated heterocycles. The fraction of sp³-hybridized carbons (Fsp3) is 1.00. The summed E-state index contributed by atoms with van der Waals surface area (Å²) in [4.78, 5) is 0. The van der Waals surface area contributed by atoms with Crippen molar-refractivity contribution in [3.8, 4) is 0 Å². The third kappa shape index (κ3) is 6.14. The van der Waals surface area contributed by atoms with Gasteiger partial charge in [-0.1, -0.05) is 59.3 Å². The van der Waals surface area contributed by atoms with Crippen LogP contribution in [0.15, 0.2) is 0 Å². The molecule has 0 aliphatic heterocycles. The lowest BCUT2D eigenvalue weighted by atomic mass is 9.87. The summed E-state index contributed by atoms with van der Waals surface area (Å²) >= 11 is 0. The van der Waals surface area contributed by atoms with Gasteiger partial charge in [0.25, 0.3) is 0 Å². The van der Waals surface area contributed by atoms with Crippen LogP contribution in [-0.4, -0.2) is 12.2 Å². The molecule has 0 bridgehead atoms. The van der Waals surface area contributed by atoms with Crippen molar-refractivity contribution in [2.24, 2.45) is 11.7 Å². The molecule has 2 heteroatoms. The molecule has 0 radical (unpaired) electrons. The second-order valence-electron chi connectivity index (χ2n) is 4.91. The first-order valence-electron chi connectivity index (χ1n) is 6.45. The Morgan fingerprint density at radius 1 is 1.07 bits per heavy atom. The fourth-order valence-electron chi connectivity index (χ4n) is 1.83. The van der Waals surface area contributed by atoms with Crippen molar-refractivity contribution in [2.75, 3.05) is 6.54 Å². The molecular formula is C13H28FN. The molecule has 2 N–H and O–H groups in total. The van der Waals surface area contributed by atoms with Gasteiger partial charge in [-0.15, -0.1) is 0 Å². The highest BCUT2D eigenvalue weighted by atomic mass is 19.1. The summed E-state index contributed by atoms with van der Waals surface area (Å²) in [5, 5.41) is 0. The molecule has 1 atom stereocenters. The van der Waals surface area contributed by atoms with Gasteiger partial charge in [0.05, 0.1) is 0 Å². The van der Waals surface area contributed by atoms with Gasteiger partial charge in [0.15, 0.2) is 0 Å². The SMILES string of the molecule is CCCCCCCCC(F)(CN)C(C)C. The van der Waals surface area contributed by atoms with Crippen molar-refractivity contribution in [3.05, 3.63) is 0 Å². The number of hydrogen-bond donors (Lipinski definition) is 1. The molecule has 0 saturated carbocycles. The van der Waals surface area contributed by atoms with E-state index in [1.807, 2.05) is 13.8 Å². The quantitative estimate of drug-likeness (QED) is 0.579. The summed E-state index contributed by atoms with van der Waals surface area (Å²) in [6.07, 6.45) is 7.87. The second kappa shape index (κ2) is 8.09. The van der Waals surface area contributed by atoms with Gasteiger partial charge in [-0.2, -0.15) is 0 Å². The van der Waals surface area contributed by atoms with Gasteiger partial charge in [0, 0.05) is 6.54 Å². The molecule has 0 aromatic rings. The van der Waals surface area contributed by atoms with E-state index in [1.165, 1.54) is 25.7 Å². The zero-order chi connectivity index (χ0) is 11.7. The first-order valence-corrected chi connectivity index (χ1v) is 6.45. The van der Waals surface area contributed by atoms with Gasteiger partial charge in [0.1, 0.15) is 5.67 Å². The van der Waals surface area contributed by atoms with Crippen LogP contribution in [0.4, 0.5) is 4.39 Å². The van der Waals surface area contributed by atoms with Crippen molar-refractivity contribution in [1.82, 2.24) is 0 Å². The van der Waals surface area contributed by atoms with Gasteiger partial charge < -0.3 is 5.73 Å². The Morgan fingerprint density at radius 3 is 2.07 bits per heavy atom. The summed E-state index contributed by atoms with van der Waals surface area (Å²) in [6, 6.07) is 0. The normalized spacial score (nSPS) is 15.6. The van der Waals surface area contributed by atoms with Crippen LogP contribution < -0.4 is 5.73 Å². The molecule has 0 heterocycles. The standard InChI is InChI=1S/C13H28FN/c1-4-5-6-7-8-9-10-13(14,11-15)12(2)3/h12H,4-11,15H2,1-3H3. The topological polar surface area (TPSA) is 26.0 Å². The van der Waals surface area contributed by atoms with Crippen molar-refractivity contribution < 1.29 is 4.39 Å². The fourth-order valence-corrected chi connectivity index (χ4v) is 1.83. The maximum absolute atomic E-state index is 14.1. The Kier molecular flexibility index (Phi) is 8.03. The average molecular weight is 217 g/mol. The third-order valence-corrected chi connectivity index (χ3v) is 3.32. The molecule has 15 heavy (non-hydrogen) atoms. The van der Waals surface area contributed by atoms with Crippen LogP contribution in [0.3, 0.4) is 0 Å². The molecule has 0 fully saturated rings. The summed E-state index contributed by atoms with van der Waals surface area (Å²) in [5.41, 5.74) is 4.36. The van der Waals surface area contributed by atoms with Crippen LogP contribution in [0.25, 0.3) is 0 Å². The maximum atomic E-state index is 14.1. The molecule has 0 aromatic carbocycles. The Morgan fingerprint density at radius 2 is 1.60 bits per heavy atom. The van der Waals surface area contributed by atoms with E-state index in [0.29, 0.717) is 6.42 Å². The molecule has 0 aliphatic rings. The molecular weight excluding hydrogens is 189 g/mol. The molecule has 0 aliphatic carbocycles. The van der Waals surface area contributed by atoms with Gasteiger partial charge in [-0.3, -0.25) is 0 Å². The maximum Gasteiger partial charge on any atom is 0.125 e. The van der Waals surface area contributed by atoms with Crippen molar-refractivity contribution in [2.45, 2.75) is 71.4 Å². The number of unbranched alkanes of at least 4 members (excludes halogenated alkanes) is 5. The Bertz CT molecular complexity index is 147. The smallest absolute Gasteiger partial charge is 0.125 e. The monoisotopic (exact) mass is 217 g/mol. The van der Waals surface area contributed by atoms with E-state index in [9.17, 15) is 4.39 Å². The molecule has 0 amide bonds. The van der Waals surface area contributed by atoms with Gasteiger partial charge in [-0.05, 0) is 12.3 Å². The lowest BCUT2D eigenvalue weighted by Crippen LogP contribution is -2.38.